The Hall–Kier alpha value is -3.27. The molecule has 0 unspecified atom stereocenters. The summed E-state index contributed by atoms with van der Waals surface area (Å²) in [5, 5.41) is 5.26. The zero-order chi connectivity index (χ0) is 20.5. The molecule has 2 saturated heterocycles. The van der Waals surface area contributed by atoms with Crippen LogP contribution in [0, 0.1) is 0 Å². The van der Waals surface area contributed by atoms with Crippen LogP contribution in [0.5, 0.6) is 0 Å². The van der Waals surface area contributed by atoms with E-state index in [9.17, 15) is 4.79 Å². The van der Waals surface area contributed by atoms with E-state index in [1.165, 1.54) is 0 Å². The second-order valence-electron chi connectivity index (χ2n) is 7.57. The molecule has 2 aliphatic rings. The SMILES string of the molecule is Nc1ccc(-c2nc(N3CCOCC3)nc3c2cnn3CC(=O)N2CCCC2)cn1. The van der Waals surface area contributed by atoms with Gasteiger partial charge < -0.3 is 20.3 Å². The lowest BCUT2D eigenvalue weighted by atomic mass is 10.1. The summed E-state index contributed by atoms with van der Waals surface area (Å²) in [5.74, 6) is 1.12. The number of fused-ring (bicyclic) bond motifs is 1. The lowest BCUT2D eigenvalue weighted by molar-refractivity contribution is -0.130. The summed E-state index contributed by atoms with van der Waals surface area (Å²) < 4.78 is 7.14. The second kappa shape index (κ2) is 7.86. The third-order valence-corrected chi connectivity index (χ3v) is 5.58. The Morgan fingerprint density at radius 2 is 1.87 bits per heavy atom. The summed E-state index contributed by atoms with van der Waals surface area (Å²) in [4.78, 5) is 30.5. The van der Waals surface area contributed by atoms with Gasteiger partial charge in [0.1, 0.15) is 12.4 Å². The summed E-state index contributed by atoms with van der Waals surface area (Å²) in [6.07, 6.45) is 5.54. The third kappa shape index (κ3) is 3.54. The molecule has 0 bridgehead atoms. The van der Waals surface area contributed by atoms with E-state index >= 15 is 0 Å². The van der Waals surface area contributed by atoms with Crippen molar-refractivity contribution in [2.45, 2.75) is 19.4 Å². The highest BCUT2D eigenvalue weighted by Gasteiger charge is 2.23. The first-order valence-corrected chi connectivity index (χ1v) is 10.2. The summed E-state index contributed by atoms with van der Waals surface area (Å²) in [7, 11) is 0. The standard InChI is InChI=1S/C20H24N8O2/c21-16-4-3-14(11-22-16)18-15-12-23-28(13-17(29)26-5-1-2-6-26)19(15)25-20(24-18)27-7-9-30-10-8-27/h3-4,11-12H,1-2,5-10,13H2,(H2,21,22). The first-order chi connectivity index (χ1) is 14.7. The molecule has 1 amide bonds. The van der Waals surface area contributed by atoms with Gasteiger partial charge in [-0.1, -0.05) is 0 Å². The van der Waals surface area contributed by atoms with Gasteiger partial charge in [0.25, 0.3) is 0 Å². The minimum absolute atomic E-state index is 0.0692. The number of amides is 1. The number of carbonyl (C=O) groups excluding carboxylic acids is 1. The lowest BCUT2D eigenvalue weighted by Gasteiger charge is -2.27. The molecule has 0 radical (unpaired) electrons. The zero-order valence-electron chi connectivity index (χ0n) is 16.7. The number of rotatable bonds is 4. The predicted molar refractivity (Wildman–Crippen MR) is 112 cm³/mol. The Bertz CT molecular complexity index is 1050. The number of nitrogens with two attached hydrogens (primary N) is 1. The lowest BCUT2D eigenvalue weighted by Crippen LogP contribution is -2.37. The maximum atomic E-state index is 12.7. The van der Waals surface area contributed by atoms with Crippen molar-refractivity contribution in [3.05, 3.63) is 24.5 Å². The normalized spacial score (nSPS) is 17.1. The van der Waals surface area contributed by atoms with E-state index in [4.69, 9.17) is 20.4 Å². The van der Waals surface area contributed by atoms with Crippen molar-refractivity contribution in [2.75, 3.05) is 50.0 Å². The molecule has 156 valence electrons. The number of carbonyl (C=O) groups is 1. The fourth-order valence-corrected chi connectivity index (χ4v) is 3.92. The van der Waals surface area contributed by atoms with Gasteiger partial charge in [0.15, 0.2) is 5.65 Å². The molecule has 0 aromatic carbocycles. The van der Waals surface area contributed by atoms with Crippen molar-refractivity contribution in [3.63, 3.8) is 0 Å². The van der Waals surface area contributed by atoms with Crippen molar-refractivity contribution in [1.82, 2.24) is 29.6 Å². The van der Waals surface area contributed by atoms with Gasteiger partial charge in [-0.25, -0.2) is 14.6 Å². The number of nitrogen functional groups attached to an aromatic ring is 1. The van der Waals surface area contributed by atoms with E-state index in [0.717, 1.165) is 42.6 Å². The quantitative estimate of drug-likeness (QED) is 0.678. The van der Waals surface area contributed by atoms with Gasteiger partial charge in [-0.2, -0.15) is 10.1 Å². The number of morpholine rings is 1. The van der Waals surface area contributed by atoms with E-state index in [1.54, 1.807) is 23.1 Å². The Morgan fingerprint density at radius 1 is 1.07 bits per heavy atom. The van der Waals surface area contributed by atoms with E-state index in [2.05, 4.69) is 15.0 Å². The number of nitrogens with zero attached hydrogens (tertiary/aromatic N) is 7. The fraction of sp³-hybridized carbons (Fsp3) is 0.450. The smallest absolute Gasteiger partial charge is 0.244 e. The highest BCUT2D eigenvalue weighted by atomic mass is 16.5. The van der Waals surface area contributed by atoms with E-state index < -0.39 is 0 Å². The number of hydrogen-bond acceptors (Lipinski definition) is 8. The fourth-order valence-electron chi connectivity index (χ4n) is 3.92. The highest BCUT2D eigenvalue weighted by molar-refractivity contribution is 5.91. The van der Waals surface area contributed by atoms with Crippen molar-refractivity contribution in [2.24, 2.45) is 0 Å². The van der Waals surface area contributed by atoms with Crippen LogP contribution < -0.4 is 10.6 Å². The number of hydrogen-bond donors (Lipinski definition) is 1. The van der Waals surface area contributed by atoms with Crippen LogP contribution >= 0.6 is 0 Å². The zero-order valence-corrected chi connectivity index (χ0v) is 16.7. The molecule has 10 nitrogen and oxygen atoms in total. The molecule has 2 N–H and O–H groups in total. The molecular formula is C20H24N8O2. The van der Waals surface area contributed by atoms with Gasteiger partial charge in [-0.3, -0.25) is 4.79 Å². The average Bonchev–Trinajstić information content (AvgIpc) is 3.45. The van der Waals surface area contributed by atoms with E-state index in [1.807, 2.05) is 11.0 Å². The molecule has 5 heterocycles. The van der Waals surface area contributed by atoms with Crippen LogP contribution in [-0.2, 0) is 16.1 Å². The number of anilines is 2. The Labute approximate surface area is 173 Å². The molecular weight excluding hydrogens is 384 g/mol. The molecule has 10 heteroatoms. The minimum atomic E-state index is 0.0692. The van der Waals surface area contributed by atoms with Gasteiger partial charge in [0.2, 0.25) is 11.9 Å². The average molecular weight is 408 g/mol. The van der Waals surface area contributed by atoms with Crippen molar-refractivity contribution < 1.29 is 9.53 Å². The molecule has 2 fully saturated rings. The largest absolute Gasteiger partial charge is 0.384 e. The van der Waals surface area contributed by atoms with E-state index in [0.29, 0.717) is 43.7 Å². The minimum Gasteiger partial charge on any atom is -0.384 e. The molecule has 3 aromatic heterocycles. The van der Waals surface area contributed by atoms with Crippen molar-refractivity contribution in [1.29, 1.82) is 0 Å². The molecule has 5 rings (SSSR count). The Kier molecular flexibility index (Phi) is 4.91. The molecule has 30 heavy (non-hydrogen) atoms. The van der Waals surface area contributed by atoms with Gasteiger partial charge in [-0.15, -0.1) is 0 Å². The highest BCUT2D eigenvalue weighted by Crippen LogP contribution is 2.28. The van der Waals surface area contributed by atoms with Gasteiger partial charge in [0, 0.05) is 37.9 Å². The monoisotopic (exact) mass is 408 g/mol. The van der Waals surface area contributed by atoms with E-state index in [-0.39, 0.29) is 12.5 Å². The van der Waals surface area contributed by atoms with Crippen LogP contribution in [0.25, 0.3) is 22.3 Å². The molecule has 0 spiro atoms. The number of aromatic nitrogens is 5. The molecule has 2 aliphatic heterocycles. The maximum Gasteiger partial charge on any atom is 0.244 e. The number of likely N-dealkylation sites (tertiary alicyclic amines) is 1. The van der Waals surface area contributed by atoms with Crippen LogP contribution in [-0.4, -0.2) is 74.9 Å². The number of pyridine rings is 1. The third-order valence-electron chi connectivity index (χ3n) is 5.58. The van der Waals surface area contributed by atoms with Gasteiger partial charge >= 0.3 is 0 Å². The molecule has 0 saturated carbocycles. The van der Waals surface area contributed by atoms with Crippen molar-refractivity contribution >= 4 is 28.7 Å². The maximum absolute atomic E-state index is 12.7. The Morgan fingerprint density at radius 3 is 2.60 bits per heavy atom. The Balaban J connectivity index is 1.58. The topological polar surface area (TPSA) is 115 Å². The molecule has 0 atom stereocenters. The van der Waals surface area contributed by atoms with Crippen molar-refractivity contribution in [3.8, 4) is 11.3 Å². The van der Waals surface area contributed by atoms with Gasteiger partial charge in [0.05, 0.1) is 30.5 Å². The first kappa shape index (κ1) is 18.7. The van der Waals surface area contributed by atoms with Crippen LogP contribution in [0.1, 0.15) is 12.8 Å². The van der Waals surface area contributed by atoms with Gasteiger partial charge in [-0.05, 0) is 25.0 Å². The van der Waals surface area contributed by atoms with Crippen LogP contribution in [0.3, 0.4) is 0 Å². The van der Waals surface area contributed by atoms with Crippen LogP contribution in [0.15, 0.2) is 24.5 Å². The molecule has 3 aromatic rings. The van der Waals surface area contributed by atoms with Crippen LogP contribution in [0.4, 0.5) is 11.8 Å². The summed E-state index contributed by atoms with van der Waals surface area (Å²) in [5.41, 5.74) is 7.96. The molecule has 0 aliphatic carbocycles. The second-order valence-corrected chi connectivity index (χ2v) is 7.57. The first-order valence-electron chi connectivity index (χ1n) is 10.2. The number of ether oxygens (including phenoxy) is 1. The van der Waals surface area contributed by atoms with Crippen LogP contribution in [0.2, 0.25) is 0 Å². The summed E-state index contributed by atoms with van der Waals surface area (Å²) >= 11 is 0. The summed E-state index contributed by atoms with van der Waals surface area (Å²) in [6, 6.07) is 3.64. The summed E-state index contributed by atoms with van der Waals surface area (Å²) in [6.45, 7) is 4.49. The predicted octanol–water partition coefficient (Wildman–Crippen LogP) is 0.929.